The Morgan fingerprint density at radius 1 is 0.733 bits per heavy atom. The molecule has 1 heteroatoms. The summed E-state index contributed by atoms with van der Waals surface area (Å²) in [6.07, 6.45) is 8.52. The van der Waals surface area contributed by atoms with Crippen molar-refractivity contribution in [2.45, 2.75) is 59.3 Å². The zero-order valence-corrected chi connectivity index (χ0v) is 10.8. The van der Waals surface area contributed by atoms with Gasteiger partial charge in [0.15, 0.2) is 0 Å². The van der Waals surface area contributed by atoms with Crippen LogP contribution in [0.5, 0.6) is 0 Å². The molecule has 0 aromatic rings. The van der Waals surface area contributed by atoms with E-state index in [0.29, 0.717) is 0 Å². The molecule has 1 nitrogen and oxygen atoms in total. The Kier molecular flexibility index (Phi) is 6.31. The van der Waals surface area contributed by atoms with Gasteiger partial charge in [-0.25, -0.2) is 0 Å². The van der Waals surface area contributed by atoms with Gasteiger partial charge in [0.05, 0.1) is 0 Å². The zero-order valence-electron chi connectivity index (χ0n) is 10.8. The summed E-state index contributed by atoms with van der Waals surface area (Å²) >= 11 is 0. The quantitative estimate of drug-likeness (QED) is 0.583. The average Bonchev–Trinajstić information content (AvgIpc) is 2.25. The van der Waals surface area contributed by atoms with E-state index in [1.54, 1.807) is 0 Å². The van der Waals surface area contributed by atoms with E-state index in [0.717, 1.165) is 31.0 Å². The second-order valence-corrected chi connectivity index (χ2v) is 5.69. The third-order valence-electron chi connectivity index (χ3n) is 3.69. The Bertz CT molecular complexity index is 131. The van der Waals surface area contributed by atoms with Crippen molar-refractivity contribution in [3.63, 3.8) is 0 Å². The van der Waals surface area contributed by atoms with Crippen LogP contribution in [0, 0.1) is 17.8 Å². The molecule has 0 bridgehead atoms. The van der Waals surface area contributed by atoms with Crippen LogP contribution < -0.4 is 0 Å². The van der Waals surface area contributed by atoms with E-state index >= 15 is 0 Å². The van der Waals surface area contributed by atoms with Crippen LogP contribution in [0.25, 0.3) is 0 Å². The molecule has 0 spiro atoms. The molecule has 1 saturated carbocycles. The van der Waals surface area contributed by atoms with Crippen LogP contribution in [-0.4, -0.2) is 13.2 Å². The van der Waals surface area contributed by atoms with E-state index in [-0.39, 0.29) is 0 Å². The molecule has 2 rings (SSSR count). The van der Waals surface area contributed by atoms with Crippen molar-refractivity contribution < 1.29 is 4.74 Å². The Labute approximate surface area is 95.6 Å². The minimum atomic E-state index is 0.814. The van der Waals surface area contributed by atoms with Crippen LogP contribution in [0.2, 0.25) is 0 Å². The van der Waals surface area contributed by atoms with E-state index in [9.17, 15) is 0 Å². The highest BCUT2D eigenvalue weighted by atomic mass is 16.5. The lowest BCUT2D eigenvalue weighted by Gasteiger charge is -2.22. The Morgan fingerprint density at radius 2 is 1.27 bits per heavy atom. The minimum absolute atomic E-state index is 0.814. The highest BCUT2D eigenvalue weighted by Gasteiger charge is 2.13. The van der Waals surface area contributed by atoms with Crippen LogP contribution in [0.4, 0.5) is 0 Å². The maximum absolute atomic E-state index is 5.18. The van der Waals surface area contributed by atoms with Crippen LogP contribution >= 0.6 is 0 Å². The first-order chi connectivity index (χ1) is 7.18. The van der Waals surface area contributed by atoms with Gasteiger partial charge in [-0.3, -0.25) is 0 Å². The van der Waals surface area contributed by atoms with Crippen LogP contribution in [0.1, 0.15) is 59.3 Å². The van der Waals surface area contributed by atoms with Crippen LogP contribution in [0.15, 0.2) is 0 Å². The Morgan fingerprint density at radius 3 is 1.53 bits per heavy atom. The molecule has 0 aromatic carbocycles. The predicted octanol–water partition coefficient (Wildman–Crippen LogP) is 4.27. The van der Waals surface area contributed by atoms with Gasteiger partial charge in [0, 0.05) is 13.2 Å². The summed E-state index contributed by atoms with van der Waals surface area (Å²) < 4.78 is 5.18. The molecule has 0 radical (unpaired) electrons. The summed E-state index contributed by atoms with van der Waals surface area (Å²) in [5.74, 6) is 2.85. The number of ether oxygens (including phenoxy) is 1. The van der Waals surface area contributed by atoms with Crippen LogP contribution in [0.3, 0.4) is 0 Å². The monoisotopic (exact) mass is 212 g/mol. The van der Waals surface area contributed by atoms with Gasteiger partial charge in [0.1, 0.15) is 0 Å². The van der Waals surface area contributed by atoms with E-state index in [1.807, 2.05) is 0 Å². The summed E-state index contributed by atoms with van der Waals surface area (Å²) in [5.41, 5.74) is 0. The molecular formula is C14H28O. The lowest BCUT2D eigenvalue weighted by Crippen LogP contribution is -2.13. The van der Waals surface area contributed by atoms with E-state index in [1.165, 1.54) is 38.5 Å². The summed E-state index contributed by atoms with van der Waals surface area (Å²) in [7, 11) is 0. The molecule has 90 valence electrons. The summed E-state index contributed by atoms with van der Waals surface area (Å²) in [6.45, 7) is 8.95. The van der Waals surface area contributed by atoms with Gasteiger partial charge >= 0.3 is 0 Å². The van der Waals surface area contributed by atoms with E-state index in [4.69, 9.17) is 4.74 Å². The van der Waals surface area contributed by atoms with Crippen molar-refractivity contribution in [2.75, 3.05) is 13.2 Å². The SMILES string of the molecule is CC1CCC(C)CC1.CC1CCCOC1. The first-order valence-corrected chi connectivity index (χ1v) is 6.76. The fraction of sp³-hybridized carbons (Fsp3) is 1.00. The molecule has 1 heterocycles. The summed E-state index contributed by atoms with van der Waals surface area (Å²) in [6, 6.07) is 0. The van der Waals surface area contributed by atoms with Crippen molar-refractivity contribution in [2.24, 2.45) is 17.8 Å². The van der Waals surface area contributed by atoms with Gasteiger partial charge in [-0.2, -0.15) is 0 Å². The number of hydrogen-bond acceptors (Lipinski definition) is 1. The Hall–Kier alpha value is -0.0400. The Balaban J connectivity index is 0.000000151. The molecule has 0 amide bonds. The first-order valence-electron chi connectivity index (χ1n) is 6.76. The highest BCUT2D eigenvalue weighted by Crippen LogP contribution is 2.27. The van der Waals surface area contributed by atoms with Gasteiger partial charge < -0.3 is 4.74 Å². The molecule has 1 atom stereocenters. The van der Waals surface area contributed by atoms with Gasteiger partial charge in [0.25, 0.3) is 0 Å². The molecule has 2 fully saturated rings. The lowest BCUT2D eigenvalue weighted by atomic mass is 9.84. The van der Waals surface area contributed by atoms with Crippen molar-refractivity contribution in [3.8, 4) is 0 Å². The molecule has 1 aliphatic heterocycles. The fourth-order valence-electron chi connectivity index (χ4n) is 2.33. The smallest absolute Gasteiger partial charge is 0.0491 e. The summed E-state index contributed by atoms with van der Waals surface area (Å²) in [4.78, 5) is 0. The molecule has 0 N–H and O–H groups in total. The number of rotatable bonds is 0. The zero-order chi connectivity index (χ0) is 11.1. The lowest BCUT2D eigenvalue weighted by molar-refractivity contribution is 0.0616. The molecule has 1 saturated heterocycles. The van der Waals surface area contributed by atoms with E-state index < -0.39 is 0 Å². The second-order valence-electron chi connectivity index (χ2n) is 5.69. The molecule has 1 unspecified atom stereocenters. The van der Waals surface area contributed by atoms with Crippen molar-refractivity contribution >= 4 is 0 Å². The standard InChI is InChI=1S/C8H16.C6H12O/c1-7-3-5-8(2)6-4-7;1-6-3-2-4-7-5-6/h7-8H,3-6H2,1-2H3;6H,2-5H2,1H3. The third kappa shape index (κ3) is 6.19. The van der Waals surface area contributed by atoms with Crippen molar-refractivity contribution in [1.82, 2.24) is 0 Å². The largest absolute Gasteiger partial charge is 0.381 e. The third-order valence-corrected chi connectivity index (χ3v) is 3.69. The molecule has 15 heavy (non-hydrogen) atoms. The molecule has 2 aliphatic rings. The highest BCUT2D eigenvalue weighted by molar-refractivity contribution is 4.65. The summed E-state index contributed by atoms with van der Waals surface area (Å²) in [5, 5.41) is 0. The fourth-order valence-corrected chi connectivity index (χ4v) is 2.33. The van der Waals surface area contributed by atoms with Gasteiger partial charge in [-0.1, -0.05) is 46.5 Å². The predicted molar refractivity (Wildman–Crippen MR) is 66.0 cm³/mol. The first kappa shape index (κ1) is 13.0. The molecule has 0 aromatic heterocycles. The van der Waals surface area contributed by atoms with Crippen molar-refractivity contribution in [3.05, 3.63) is 0 Å². The topological polar surface area (TPSA) is 9.23 Å². The van der Waals surface area contributed by atoms with Gasteiger partial charge in [-0.15, -0.1) is 0 Å². The van der Waals surface area contributed by atoms with Gasteiger partial charge in [0.2, 0.25) is 0 Å². The average molecular weight is 212 g/mol. The van der Waals surface area contributed by atoms with Crippen molar-refractivity contribution in [1.29, 1.82) is 0 Å². The maximum atomic E-state index is 5.18. The second kappa shape index (κ2) is 7.27. The molecule has 1 aliphatic carbocycles. The maximum Gasteiger partial charge on any atom is 0.0491 e. The van der Waals surface area contributed by atoms with E-state index in [2.05, 4.69) is 20.8 Å². The normalized spacial score (nSPS) is 36.6. The van der Waals surface area contributed by atoms with Gasteiger partial charge in [-0.05, 0) is 30.6 Å². The van der Waals surface area contributed by atoms with Crippen LogP contribution in [-0.2, 0) is 4.74 Å². The molecular weight excluding hydrogens is 184 g/mol. The minimum Gasteiger partial charge on any atom is -0.381 e. The number of hydrogen-bond donors (Lipinski definition) is 0.